The highest BCUT2D eigenvalue weighted by molar-refractivity contribution is 5.89. The molecule has 9 heteroatoms. The topological polar surface area (TPSA) is 116 Å². The molecule has 2 aromatic carbocycles. The number of rotatable bonds is 8. The predicted molar refractivity (Wildman–Crippen MR) is 104 cm³/mol. The Morgan fingerprint density at radius 3 is 2.59 bits per heavy atom. The minimum absolute atomic E-state index is 0.0305. The number of nitrogens with one attached hydrogen (secondary N) is 2. The van der Waals surface area contributed by atoms with E-state index in [1.165, 1.54) is 6.92 Å². The monoisotopic (exact) mass is 396 g/mol. The van der Waals surface area contributed by atoms with Crippen LogP contribution in [0.15, 0.2) is 53.1 Å². The Balaban J connectivity index is 1.52. The van der Waals surface area contributed by atoms with Crippen molar-refractivity contribution >= 4 is 17.5 Å². The van der Waals surface area contributed by atoms with E-state index in [9.17, 15) is 9.59 Å². The lowest BCUT2D eigenvalue weighted by molar-refractivity contribution is -0.114. The molecule has 29 heavy (non-hydrogen) atoms. The van der Waals surface area contributed by atoms with Gasteiger partial charge in [-0.3, -0.25) is 9.59 Å². The molecule has 1 aromatic heterocycles. The van der Waals surface area contributed by atoms with Gasteiger partial charge in [0, 0.05) is 24.7 Å². The maximum absolute atomic E-state index is 12.2. The molecule has 9 nitrogen and oxygen atoms in total. The van der Waals surface area contributed by atoms with Crippen LogP contribution in [0.3, 0.4) is 0 Å². The van der Waals surface area contributed by atoms with Crippen molar-refractivity contribution in [2.75, 3.05) is 12.4 Å². The molecule has 2 amide bonds. The van der Waals surface area contributed by atoms with Crippen molar-refractivity contribution in [1.82, 2.24) is 15.5 Å². The maximum atomic E-state index is 12.2. The first-order valence-electron chi connectivity index (χ1n) is 8.78. The number of carbonyl (C=O) groups excluding carboxylic acids is 2. The van der Waals surface area contributed by atoms with Gasteiger partial charge in [-0.1, -0.05) is 23.4 Å². The summed E-state index contributed by atoms with van der Waals surface area (Å²) in [6.45, 7) is 1.73. The van der Waals surface area contributed by atoms with Crippen molar-refractivity contribution in [3.63, 3.8) is 0 Å². The molecule has 0 unspecified atom stereocenters. The lowest BCUT2D eigenvalue weighted by atomic mass is 10.2. The Morgan fingerprint density at radius 2 is 1.86 bits per heavy atom. The maximum Gasteiger partial charge on any atom is 0.316 e. The van der Waals surface area contributed by atoms with Crippen LogP contribution >= 0.6 is 0 Å². The van der Waals surface area contributed by atoms with E-state index in [1.807, 2.05) is 24.3 Å². The van der Waals surface area contributed by atoms with Crippen LogP contribution in [0.25, 0.3) is 0 Å². The first-order valence-corrected chi connectivity index (χ1v) is 8.78. The van der Waals surface area contributed by atoms with E-state index in [1.54, 1.807) is 31.4 Å². The van der Waals surface area contributed by atoms with Gasteiger partial charge < -0.3 is 24.6 Å². The van der Waals surface area contributed by atoms with Crippen molar-refractivity contribution in [3.8, 4) is 11.5 Å². The third-order valence-corrected chi connectivity index (χ3v) is 3.84. The Kier molecular flexibility index (Phi) is 6.41. The molecule has 3 aromatic rings. The molecular formula is C20H20N4O5. The SMILES string of the molecule is COc1ccccc1CNC(=O)c1nc(COc2ccc(NC(C)=O)cc2)no1. The summed E-state index contributed by atoms with van der Waals surface area (Å²) in [6, 6.07) is 14.2. The highest BCUT2D eigenvalue weighted by atomic mass is 16.5. The van der Waals surface area contributed by atoms with Crippen LogP contribution in [-0.4, -0.2) is 29.1 Å². The molecule has 0 bridgehead atoms. The zero-order chi connectivity index (χ0) is 20.6. The third kappa shape index (κ3) is 5.55. The second-order valence-corrected chi connectivity index (χ2v) is 6.00. The summed E-state index contributed by atoms with van der Waals surface area (Å²) in [5.41, 5.74) is 1.49. The Bertz CT molecular complexity index is 985. The summed E-state index contributed by atoms with van der Waals surface area (Å²) in [5.74, 6) is 0.678. The number of methoxy groups -OCH3 is 1. The number of nitrogens with zero attached hydrogens (tertiary/aromatic N) is 2. The van der Waals surface area contributed by atoms with E-state index in [2.05, 4.69) is 20.8 Å². The van der Waals surface area contributed by atoms with E-state index < -0.39 is 5.91 Å². The first-order chi connectivity index (χ1) is 14.0. The standard InChI is InChI=1S/C20H20N4O5/c1-13(25)22-15-7-9-16(10-8-15)28-12-18-23-20(29-24-18)19(26)21-11-14-5-3-4-6-17(14)27-2/h3-10H,11-12H2,1-2H3,(H,21,26)(H,22,25). The van der Waals surface area contributed by atoms with Crippen LogP contribution in [0.1, 0.15) is 29.0 Å². The van der Waals surface area contributed by atoms with Crippen LogP contribution < -0.4 is 20.1 Å². The van der Waals surface area contributed by atoms with Gasteiger partial charge in [0.1, 0.15) is 11.5 Å². The molecule has 2 N–H and O–H groups in total. The number of hydrogen-bond acceptors (Lipinski definition) is 7. The minimum atomic E-state index is -0.491. The van der Waals surface area contributed by atoms with Gasteiger partial charge >= 0.3 is 11.8 Å². The van der Waals surface area contributed by atoms with E-state index in [4.69, 9.17) is 14.0 Å². The highest BCUT2D eigenvalue weighted by Crippen LogP contribution is 2.18. The molecule has 0 saturated carbocycles. The molecule has 0 radical (unpaired) electrons. The Hall–Kier alpha value is -3.88. The van der Waals surface area contributed by atoms with E-state index in [0.29, 0.717) is 17.2 Å². The number of hydrogen-bond donors (Lipinski definition) is 2. The molecule has 0 aliphatic rings. The fourth-order valence-electron chi connectivity index (χ4n) is 2.49. The number of para-hydroxylation sites is 1. The van der Waals surface area contributed by atoms with Crippen LogP contribution in [0.4, 0.5) is 5.69 Å². The summed E-state index contributed by atoms with van der Waals surface area (Å²) in [6.07, 6.45) is 0. The fourth-order valence-corrected chi connectivity index (χ4v) is 2.49. The average molecular weight is 396 g/mol. The summed E-state index contributed by atoms with van der Waals surface area (Å²) in [7, 11) is 1.57. The van der Waals surface area contributed by atoms with Crippen LogP contribution in [0.5, 0.6) is 11.5 Å². The smallest absolute Gasteiger partial charge is 0.316 e. The highest BCUT2D eigenvalue weighted by Gasteiger charge is 2.16. The molecular weight excluding hydrogens is 376 g/mol. The zero-order valence-corrected chi connectivity index (χ0v) is 16.0. The number of ether oxygens (including phenoxy) is 2. The largest absolute Gasteiger partial charge is 0.496 e. The van der Waals surface area contributed by atoms with Crippen molar-refractivity contribution in [2.24, 2.45) is 0 Å². The lowest BCUT2D eigenvalue weighted by Crippen LogP contribution is -2.23. The van der Waals surface area contributed by atoms with Crippen molar-refractivity contribution in [3.05, 3.63) is 65.8 Å². The molecule has 0 aliphatic heterocycles. The molecule has 150 valence electrons. The van der Waals surface area contributed by atoms with Gasteiger partial charge in [-0.05, 0) is 30.3 Å². The van der Waals surface area contributed by atoms with Gasteiger partial charge in [0.05, 0.1) is 7.11 Å². The second-order valence-electron chi connectivity index (χ2n) is 6.00. The van der Waals surface area contributed by atoms with Crippen molar-refractivity contribution < 1.29 is 23.6 Å². The number of aromatic nitrogens is 2. The van der Waals surface area contributed by atoms with Gasteiger partial charge in [-0.15, -0.1) is 0 Å². The Morgan fingerprint density at radius 1 is 1.10 bits per heavy atom. The molecule has 1 heterocycles. The third-order valence-electron chi connectivity index (χ3n) is 3.84. The summed E-state index contributed by atoms with van der Waals surface area (Å²) in [4.78, 5) is 27.3. The number of anilines is 1. The van der Waals surface area contributed by atoms with Crippen molar-refractivity contribution in [2.45, 2.75) is 20.1 Å². The first kappa shape index (κ1) is 19.9. The fraction of sp³-hybridized carbons (Fsp3) is 0.200. The summed E-state index contributed by atoms with van der Waals surface area (Å²) < 4.78 is 15.8. The molecule has 0 fully saturated rings. The van der Waals surface area contributed by atoms with Crippen LogP contribution in [-0.2, 0) is 17.9 Å². The van der Waals surface area contributed by atoms with E-state index >= 15 is 0 Å². The second kappa shape index (κ2) is 9.36. The van der Waals surface area contributed by atoms with Crippen LogP contribution in [0.2, 0.25) is 0 Å². The quantitative estimate of drug-likeness (QED) is 0.601. The lowest BCUT2D eigenvalue weighted by Gasteiger charge is -2.08. The van der Waals surface area contributed by atoms with Gasteiger partial charge in [-0.2, -0.15) is 4.98 Å². The van der Waals surface area contributed by atoms with Crippen molar-refractivity contribution in [1.29, 1.82) is 0 Å². The predicted octanol–water partition coefficient (Wildman–Crippen LogP) is 2.55. The Labute approximate surface area is 167 Å². The number of amides is 2. The molecule has 0 aliphatic carbocycles. The molecule has 0 saturated heterocycles. The van der Waals surface area contributed by atoms with Gasteiger partial charge in [0.15, 0.2) is 6.61 Å². The summed E-state index contributed by atoms with van der Waals surface area (Å²) in [5, 5.41) is 9.12. The number of benzene rings is 2. The molecule has 3 rings (SSSR count). The van der Waals surface area contributed by atoms with E-state index in [-0.39, 0.29) is 30.8 Å². The summed E-state index contributed by atoms with van der Waals surface area (Å²) >= 11 is 0. The normalized spacial score (nSPS) is 10.3. The molecule has 0 spiro atoms. The van der Waals surface area contributed by atoms with Crippen LogP contribution in [0, 0.1) is 0 Å². The minimum Gasteiger partial charge on any atom is -0.496 e. The van der Waals surface area contributed by atoms with E-state index in [0.717, 1.165) is 5.56 Å². The van der Waals surface area contributed by atoms with Gasteiger partial charge in [-0.25, -0.2) is 0 Å². The average Bonchev–Trinajstić information content (AvgIpc) is 3.20. The number of carbonyl (C=O) groups is 2. The van der Waals surface area contributed by atoms with Gasteiger partial charge in [0.2, 0.25) is 11.7 Å². The zero-order valence-electron chi connectivity index (χ0n) is 16.0. The van der Waals surface area contributed by atoms with Gasteiger partial charge in [0.25, 0.3) is 0 Å². The molecule has 0 atom stereocenters.